The Morgan fingerprint density at radius 2 is 1.82 bits per heavy atom. The van der Waals surface area contributed by atoms with Gasteiger partial charge in [0.05, 0.1) is 0 Å². The molecule has 1 aromatic carbocycles. The van der Waals surface area contributed by atoms with Crippen LogP contribution in [-0.4, -0.2) is 25.0 Å². The van der Waals surface area contributed by atoms with Crippen molar-refractivity contribution < 1.29 is 0 Å². The van der Waals surface area contributed by atoms with E-state index in [0.29, 0.717) is 12.6 Å². The van der Waals surface area contributed by atoms with E-state index in [0.717, 1.165) is 12.5 Å². The summed E-state index contributed by atoms with van der Waals surface area (Å²) in [6.07, 6.45) is 1.22. The first kappa shape index (κ1) is 14.2. The normalized spacial score (nSPS) is 14.9. The summed E-state index contributed by atoms with van der Waals surface area (Å²) in [6.45, 7) is 8.42. The summed E-state index contributed by atoms with van der Waals surface area (Å²) in [7, 11) is 2.17. The van der Waals surface area contributed by atoms with Crippen LogP contribution in [0.5, 0.6) is 0 Å². The molecule has 0 radical (unpaired) electrons. The van der Waals surface area contributed by atoms with Crippen LogP contribution in [0.3, 0.4) is 0 Å². The fourth-order valence-electron chi connectivity index (χ4n) is 2.11. The summed E-state index contributed by atoms with van der Waals surface area (Å²) in [5, 5.41) is 0. The highest BCUT2D eigenvalue weighted by Gasteiger charge is 2.16. The molecule has 0 saturated heterocycles. The molecule has 0 aliphatic rings. The number of hydrogen-bond acceptors (Lipinski definition) is 2. The minimum Gasteiger partial charge on any atom is -0.329 e. The third-order valence-corrected chi connectivity index (χ3v) is 3.51. The molecule has 2 atom stereocenters. The molecular formula is C15H26N2. The molecule has 0 amide bonds. The third-order valence-electron chi connectivity index (χ3n) is 3.51. The maximum atomic E-state index is 5.92. The van der Waals surface area contributed by atoms with E-state index >= 15 is 0 Å². The largest absolute Gasteiger partial charge is 0.329 e. The van der Waals surface area contributed by atoms with Crippen molar-refractivity contribution in [2.45, 2.75) is 33.2 Å². The van der Waals surface area contributed by atoms with Crippen LogP contribution < -0.4 is 5.73 Å². The molecule has 17 heavy (non-hydrogen) atoms. The molecule has 0 aliphatic carbocycles. The number of aryl methyl sites for hydroxylation is 1. The Bertz CT molecular complexity index is 318. The zero-order valence-corrected chi connectivity index (χ0v) is 11.6. The van der Waals surface area contributed by atoms with E-state index < -0.39 is 0 Å². The molecule has 0 saturated carbocycles. The molecule has 1 rings (SSSR count). The lowest BCUT2D eigenvalue weighted by Gasteiger charge is -2.29. The smallest absolute Gasteiger partial charge is 0.0467 e. The van der Waals surface area contributed by atoms with Gasteiger partial charge >= 0.3 is 0 Å². The molecule has 2 nitrogen and oxygen atoms in total. The van der Waals surface area contributed by atoms with Gasteiger partial charge in [0.15, 0.2) is 0 Å². The average Bonchev–Trinajstić information content (AvgIpc) is 2.32. The van der Waals surface area contributed by atoms with E-state index in [1.54, 1.807) is 0 Å². The predicted octanol–water partition coefficient (Wildman–Crippen LogP) is 2.97. The Morgan fingerprint density at radius 3 is 2.29 bits per heavy atom. The monoisotopic (exact) mass is 234 g/mol. The molecule has 0 bridgehead atoms. The first-order chi connectivity index (χ1) is 8.08. The lowest BCUT2D eigenvalue weighted by molar-refractivity contribution is 0.215. The van der Waals surface area contributed by atoms with E-state index in [1.165, 1.54) is 17.5 Å². The molecule has 2 N–H and O–H groups in total. The summed E-state index contributed by atoms with van der Waals surface area (Å²) >= 11 is 0. The maximum Gasteiger partial charge on any atom is 0.0467 e. The van der Waals surface area contributed by atoms with Crippen molar-refractivity contribution in [3.05, 3.63) is 35.4 Å². The van der Waals surface area contributed by atoms with E-state index in [1.807, 2.05) is 0 Å². The maximum absolute atomic E-state index is 5.92. The molecule has 96 valence electrons. The van der Waals surface area contributed by atoms with Crippen molar-refractivity contribution in [2.24, 2.45) is 11.7 Å². The molecular weight excluding hydrogens is 208 g/mol. The van der Waals surface area contributed by atoms with Crippen molar-refractivity contribution in [3.63, 3.8) is 0 Å². The molecule has 1 aromatic rings. The van der Waals surface area contributed by atoms with Gasteiger partial charge in [-0.2, -0.15) is 0 Å². The van der Waals surface area contributed by atoms with Crippen LogP contribution in [0, 0.1) is 12.8 Å². The van der Waals surface area contributed by atoms with Crippen LogP contribution in [0.25, 0.3) is 0 Å². The lowest BCUT2D eigenvalue weighted by atomic mass is 10.0. The van der Waals surface area contributed by atoms with Gasteiger partial charge in [0, 0.05) is 19.1 Å². The summed E-state index contributed by atoms with van der Waals surface area (Å²) in [6, 6.07) is 9.05. The average molecular weight is 234 g/mol. The van der Waals surface area contributed by atoms with Crippen LogP contribution in [0.1, 0.15) is 37.4 Å². The van der Waals surface area contributed by atoms with Crippen molar-refractivity contribution in [2.75, 3.05) is 20.1 Å². The first-order valence-corrected chi connectivity index (χ1v) is 6.55. The second kappa shape index (κ2) is 6.77. The van der Waals surface area contributed by atoms with Crippen molar-refractivity contribution >= 4 is 0 Å². The van der Waals surface area contributed by atoms with Crippen LogP contribution >= 0.6 is 0 Å². The predicted molar refractivity (Wildman–Crippen MR) is 75.1 cm³/mol. The van der Waals surface area contributed by atoms with Crippen molar-refractivity contribution in [3.8, 4) is 0 Å². The van der Waals surface area contributed by atoms with Gasteiger partial charge < -0.3 is 5.73 Å². The van der Waals surface area contributed by atoms with Crippen molar-refractivity contribution in [1.29, 1.82) is 0 Å². The van der Waals surface area contributed by atoms with Gasteiger partial charge in [-0.25, -0.2) is 0 Å². The van der Waals surface area contributed by atoms with E-state index in [9.17, 15) is 0 Å². The minimum atomic E-state index is 0.338. The van der Waals surface area contributed by atoms with Crippen LogP contribution in [0.15, 0.2) is 24.3 Å². The minimum absolute atomic E-state index is 0.338. The Balaban J connectivity index is 2.73. The van der Waals surface area contributed by atoms with E-state index in [2.05, 4.69) is 57.0 Å². The standard InChI is InChI=1S/C15H26N2/c1-5-12(2)11-17(4)15(10-16)14-8-6-13(3)7-9-14/h6-9,12,15H,5,10-11,16H2,1-4H3. The van der Waals surface area contributed by atoms with Gasteiger partial charge in [0.2, 0.25) is 0 Å². The molecule has 0 fully saturated rings. The van der Waals surface area contributed by atoms with Gasteiger partial charge in [0.25, 0.3) is 0 Å². The molecule has 0 heterocycles. The van der Waals surface area contributed by atoms with Gasteiger partial charge in [-0.05, 0) is 25.5 Å². The summed E-state index contributed by atoms with van der Waals surface area (Å²) < 4.78 is 0. The van der Waals surface area contributed by atoms with E-state index in [4.69, 9.17) is 5.73 Å². The second-order valence-electron chi connectivity index (χ2n) is 5.12. The molecule has 0 aromatic heterocycles. The zero-order valence-electron chi connectivity index (χ0n) is 11.6. The Labute approximate surface area is 106 Å². The zero-order chi connectivity index (χ0) is 12.8. The number of nitrogens with zero attached hydrogens (tertiary/aromatic N) is 1. The number of benzene rings is 1. The SMILES string of the molecule is CCC(C)CN(C)C(CN)c1ccc(C)cc1. The van der Waals surface area contributed by atoms with Crippen LogP contribution in [0.2, 0.25) is 0 Å². The highest BCUT2D eigenvalue weighted by atomic mass is 15.1. The molecule has 0 aliphatic heterocycles. The van der Waals surface area contributed by atoms with Crippen molar-refractivity contribution in [1.82, 2.24) is 4.90 Å². The molecule has 0 spiro atoms. The van der Waals surface area contributed by atoms with Gasteiger partial charge in [-0.1, -0.05) is 50.1 Å². The summed E-state index contributed by atoms with van der Waals surface area (Å²) in [5.41, 5.74) is 8.54. The number of likely N-dealkylation sites (N-methyl/N-ethyl adjacent to an activating group) is 1. The first-order valence-electron chi connectivity index (χ1n) is 6.55. The fourth-order valence-corrected chi connectivity index (χ4v) is 2.11. The second-order valence-corrected chi connectivity index (χ2v) is 5.12. The molecule has 2 heteroatoms. The third kappa shape index (κ3) is 4.14. The van der Waals surface area contributed by atoms with Gasteiger partial charge in [-0.3, -0.25) is 4.90 Å². The summed E-state index contributed by atoms with van der Waals surface area (Å²) in [5.74, 6) is 0.722. The highest BCUT2D eigenvalue weighted by molar-refractivity contribution is 5.24. The summed E-state index contributed by atoms with van der Waals surface area (Å²) in [4.78, 5) is 2.37. The fraction of sp³-hybridized carbons (Fsp3) is 0.600. The Hall–Kier alpha value is -0.860. The number of hydrogen-bond donors (Lipinski definition) is 1. The number of nitrogens with two attached hydrogens (primary N) is 1. The van der Waals surface area contributed by atoms with E-state index in [-0.39, 0.29) is 0 Å². The molecule has 2 unspecified atom stereocenters. The van der Waals surface area contributed by atoms with Crippen LogP contribution in [0.4, 0.5) is 0 Å². The Kier molecular flexibility index (Phi) is 5.66. The quantitative estimate of drug-likeness (QED) is 0.820. The topological polar surface area (TPSA) is 29.3 Å². The highest BCUT2D eigenvalue weighted by Crippen LogP contribution is 2.20. The lowest BCUT2D eigenvalue weighted by Crippen LogP contribution is -2.33. The van der Waals surface area contributed by atoms with Crippen LogP contribution in [-0.2, 0) is 0 Å². The van der Waals surface area contributed by atoms with Gasteiger partial charge in [0.1, 0.15) is 0 Å². The van der Waals surface area contributed by atoms with Gasteiger partial charge in [-0.15, -0.1) is 0 Å². The number of rotatable bonds is 6. The Morgan fingerprint density at radius 1 is 1.24 bits per heavy atom.